The molecule has 0 atom stereocenters. The van der Waals surface area contributed by atoms with Crippen LogP contribution in [0.15, 0.2) is 22.9 Å². The molecule has 2 rings (SSSR count). The van der Waals surface area contributed by atoms with Gasteiger partial charge in [-0.1, -0.05) is 0 Å². The molecule has 0 amide bonds. The molecule has 0 radical (unpaired) electrons. The van der Waals surface area contributed by atoms with Crippen molar-refractivity contribution in [3.05, 3.63) is 32.1 Å². The Morgan fingerprint density at radius 3 is 3.08 bits per heavy atom. The predicted molar refractivity (Wildman–Crippen MR) is 60.3 cm³/mol. The fourth-order valence-corrected chi connectivity index (χ4v) is 2.95. The smallest absolute Gasteiger partial charge is 0.0937 e. The molecule has 4 heteroatoms. The minimum atomic E-state index is 1.10. The van der Waals surface area contributed by atoms with Gasteiger partial charge in [0.05, 0.1) is 15.3 Å². The third-order valence-electron chi connectivity index (χ3n) is 1.66. The first kappa shape index (κ1) is 8.50. The van der Waals surface area contributed by atoms with E-state index in [-0.39, 0.29) is 0 Å². The van der Waals surface area contributed by atoms with Crippen LogP contribution in [-0.2, 0) is 0 Å². The lowest BCUT2D eigenvalue weighted by atomic mass is 10.3. The van der Waals surface area contributed by atoms with E-state index in [0.717, 1.165) is 9.99 Å². The SMILES string of the molecule is Cc1cc(Br)c2c(I)cnn2c1. The van der Waals surface area contributed by atoms with E-state index in [1.165, 1.54) is 9.13 Å². The quantitative estimate of drug-likeness (QED) is 0.676. The van der Waals surface area contributed by atoms with Crippen molar-refractivity contribution in [1.82, 2.24) is 9.61 Å². The van der Waals surface area contributed by atoms with E-state index in [1.54, 1.807) is 0 Å². The van der Waals surface area contributed by atoms with E-state index in [0.29, 0.717) is 0 Å². The van der Waals surface area contributed by atoms with Gasteiger partial charge in [-0.05, 0) is 57.1 Å². The molecule has 2 heterocycles. The molecular formula is C8H6BrIN2. The van der Waals surface area contributed by atoms with Crippen LogP contribution >= 0.6 is 38.5 Å². The topological polar surface area (TPSA) is 17.3 Å². The standard InChI is InChI=1S/C8H6BrIN2/c1-5-2-6(9)8-7(10)3-11-12(8)4-5/h2-4H,1H3. The van der Waals surface area contributed by atoms with E-state index in [2.05, 4.69) is 56.6 Å². The predicted octanol–water partition coefficient (Wildman–Crippen LogP) is 3.01. The molecule has 0 bridgehead atoms. The van der Waals surface area contributed by atoms with Gasteiger partial charge in [-0.15, -0.1) is 0 Å². The van der Waals surface area contributed by atoms with E-state index in [4.69, 9.17) is 0 Å². The van der Waals surface area contributed by atoms with E-state index >= 15 is 0 Å². The Morgan fingerprint density at radius 2 is 2.33 bits per heavy atom. The number of hydrogen-bond donors (Lipinski definition) is 0. The van der Waals surface area contributed by atoms with Crippen LogP contribution in [-0.4, -0.2) is 9.61 Å². The highest BCUT2D eigenvalue weighted by Gasteiger charge is 2.04. The van der Waals surface area contributed by atoms with E-state index in [1.807, 2.05) is 16.9 Å². The van der Waals surface area contributed by atoms with Crippen LogP contribution in [0.3, 0.4) is 0 Å². The Balaban J connectivity index is 2.93. The number of fused-ring (bicyclic) bond motifs is 1. The number of hydrogen-bond acceptors (Lipinski definition) is 1. The largest absolute Gasteiger partial charge is 0.238 e. The molecule has 2 nitrogen and oxygen atoms in total. The highest BCUT2D eigenvalue weighted by Crippen LogP contribution is 2.23. The lowest BCUT2D eigenvalue weighted by Crippen LogP contribution is -1.88. The van der Waals surface area contributed by atoms with E-state index < -0.39 is 0 Å². The second-order valence-electron chi connectivity index (χ2n) is 2.65. The van der Waals surface area contributed by atoms with Gasteiger partial charge >= 0.3 is 0 Å². The molecule has 2 aromatic heterocycles. The van der Waals surface area contributed by atoms with Crippen molar-refractivity contribution in [2.45, 2.75) is 6.92 Å². The molecule has 0 unspecified atom stereocenters. The van der Waals surface area contributed by atoms with Crippen molar-refractivity contribution in [2.75, 3.05) is 0 Å². The molecule has 0 fully saturated rings. The van der Waals surface area contributed by atoms with Crippen LogP contribution in [0.25, 0.3) is 5.52 Å². The number of nitrogens with zero attached hydrogens (tertiary/aromatic N) is 2. The van der Waals surface area contributed by atoms with Crippen LogP contribution in [0.1, 0.15) is 5.56 Å². The summed E-state index contributed by atoms with van der Waals surface area (Å²) in [6.07, 6.45) is 3.88. The maximum absolute atomic E-state index is 4.22. The van der Waals surface area contributed by atoms with Gasteiger partial charge in [0.1, 0.15) is 0 Å². The molecule has 0 saturated carbocycles. The van der Waals surface area contributed by atoms with Crippen molar-refractivity contribution < 1.29 is 0 Å². The first-order chi connectivity index (χ1) is 5.68. The monoisotopic (exact) mass is 336 g/mol. The van der Waals surface area contributed by atoms with Gasteiger partial charge in [-0.2, -0.15) is 5.10 Å². The molecule has 0 aliphatic rings. The molecule has 0 N–H and O–H groups in total. The molecule has 62 valence electrons. The van der Waals surface area contributed by atoms with Crippen LogP contribution < -0.4 is 0 Å². The van der Waals surface area contributed by atoms with Crippen LogP contribution in [0.5, 0.6) is 0 Å². The second kappa shape index (κ2) is 2.99. The highest BCUT2D eigenvalue weighted by molar-refractivity contribution is 14.1. The lowest BCUT2D eigenvalue weighted by molar-refractivity contribution is 0.949. The molecule has 0 aliphatic carbocycles. The number of halogens is 2. The minimum absolute atomic E-state index is 1.10. The summed E-state index contributed by atoms with van der Waals surface area (Å²) < 4.78 is 4.16. The fraction of sp³-hybridized carbons (Fsp3) is 0.125. The van der Waals surface area contributed by atoms with Crippen LogP contribution in [0.4, 0.5) is 0 Å². The third-order valence-corrected chi connectivity index (χ3v) is 3.05. The van der Waals surface area contributed by atoms with Gasteiger partial charge in [-0.3, -0.25) is 0 Å². The lowest BCUT2D eigenvalue weighted by Gasteiger charge is -1.98. The third kappa shape index (κ3) is 1.26. The zero-order chi connectivity index (χ0) is 8.72. The van der Waals surface area contributed by atoms with Crippen molar-refractivity contribution in [3.8, 4) is 0 Å². The first-order valence-electron chi connectivity index (χ1n) is 3.47. The molecule has 0 aromatic carbocycles. The normalized spacial score (nSPS) is 10.9. The molecule has 2 aromatic rings. The molecular weight excluding hydrogens is 331 g/mol. The summed E-state index contributed by atoms with van der Waals surface area (Å²) in [7, 11) is 0. The van der Waals surface area contributed by atoms with Gasteiger partial charge in [0.2, 0.25) is 0 Å². The first-order valence-corrected chi connectivity index (χ1v) is 5.34. The Hall–Kier alpha value is -0.100. The van der Waals surface area contributed by atoms with Crippen LogP contribution in [0.2, 0.25) is 0 Å². The van der Waals surface area contributed by atoms with Crippen molar-refractivity contribution in [2.24, 2.45) is 0 Å². The summed E-state index contributed by atoms with van der Waals surface area (Å²) in [5.41, 5.74) is 2.34. The molecule has 0 aliphatic heterocycles. The number of aryl methyl sites for hydroxylation is 1. The average molecular weight is 337 g/mol. The number of aromatic nitrogens is 2. The van der Waals surface area contributed by atoms with Crippen molar-refractivity contribution in [3.63, 3.8) is 0 Å². The summed E-state index contributed by atoms with van der Waals surface area (Å²) in [6.45, 7) is 2.05. The van der Waals surface area contributed by atoms with Crippen molar-refractivity contribution >= 4 is 44.0 Å². The number of pyridine rings is 1. The Labute approximate surface area is 92.2 Å². The average Bonchev–Trinajstić information content (AvgIpc) is 2.31. The second-order valence-corrected chi connectivity index (χ2v) is 4.67. The summed E-state index contributed by atoms with van der Waals surface area (Å²) >= 11 is 5.79. The Morgan fingerprint density at radius 1 is 1.58 bits per heavy atom. The Kier molecular flexibility index (Phi) is 2.12. The number of rotatable bonds is 0. The fourth-order valence-electron chi connectivity index (χ4n) is 1.16. The van der Waals surface area contributed by atoms with Gasteiger partial charge in [0, 0.05) is 10.7 Å². The van der Waals surface area contributed by atoms with Crippen molar-refractivity contribution in [1.29, 1.82) is 0 Å². The highest BCUT2D eigenvalue weighted by atomic mass is 127. The summed E-state index contributed by atoms with van der Waals surface area (Å²) in [5, 5.41) is 4.22. The zero-order valence-corrected chi connectivity index (χ0v) is 10.1. The molecule has 0 saturated heterocycles. The summed E-state index contributed by atoms with van der Waals surface area (Å²) in [4.78, 5) is 0. The zero-order valence-electron chi connectivity index (χ0n) is 6.38. The molecule has 12 heavy (non-hydrogen) atoms. The van der Waals surface area contributed by atoms with Gasteiger partial charge in [-0.25, -0.2) is 4.52 Å². The van der Waals surface area contributed by atoms with Gasteiger partial charge in [0.25, 0.3) is 0 Å². The van der Waals surface area contributed by atoms with Gasteiger partial charge < -0.3 is 0 Å². The summed E-state index contributed by atoms with van der Waals surface area (Å²) in [5.74, 6) is 0. The minimum Gasteiger partial charge on any atom is -0.238 e. The van der Waals surface area contributed by atoms with Crippen LogP contribution in [0, 0.1) is 10.5 Å². The Bertz CT molecular complexity index is 436. The van der Waals surface area contributed by atoms with E-state index in [9.17, 15) is 0 Å². The maximum atomic E-state index is 4.22. The molecule has 0 spiro atoms. The maximum Gasteiger partial charge on any atom is 0.0937 e. The van der Waals surface area contributed by atoms with Gasteiger partial charge in [0.15, 0.2) is 0 Å². The summed E-state index contributed by atoms with van der Waals surface area (Å²) in [6, 6.07) is 2.10.